The van der Waals surface area contributed by atoms with E-state index in [4.69, 9.17) is 14.2 Å². The van der Waals surface area contributed by atoms with Crippen LogP contribution in [-0.2, 0) is 25.6 Å². The summed E-state index contributed by atoms with van der Waals surface area (Å²) in [6, 6.07) is 9.60. The molecule has 0 atom stereocenters. The van der Waals surface area contributed by atoms with Crippen LogP contribution < -0.4 is 0 Å². The largest absolute Gasteiger partial charge is 0.460 e. The zero-order valence-electron chi connectivity index (χ0n) is 11.6. The molecular weight excluding hydrogens is 244 g/mol. The van der Waals surface area contributed by atoms with E-state index < -0.39 is 11.2 Å². The molecule has 0 radical (unpaired) electrons. The van der Waals surface area contributed by atoms with Crippen molar-refractivity contribution < 1.29 is 19.0 Å². The van der Waals surface area contributed by atoms with Crippen LogP contribution in [0.1, 0.15) is 26.3 Å². The van der Waals surface area contributed by atoms with E-state index in [1.807, 2.05) is 30.3 Å². The first kappa shape index (κ1) is 14.0. The molecule has 1 saturated heterocycles. The second kappa shape index (κ2) is 5.31. The van der Waals surface area contributed by atoms with Gasteiger partial charge in [0.15, 0.2) is 5.79 Å². The van der Waals surface area contributed by atoms with Crippen LogP contribution in [0.25, 0.3) is 0 Å². The average molecular weight is 264 g/mol. The van der Waals surface area contributed by atoms with Gasteiger partial charge < -0.3 is 14.2 Å². The summed E-state index contributed by atoms with van der Waals surface area (Å²) in [6.45, 7) is 6.62. The fourth-order valence-corrected chi connectivity index (χ4v) is 1.96. The van der Waals surface area contributed by atoms with Gasteiger partial charge in [0.2, 0.25) is 0 Å². The first-order chi connectivity index (χ1) is 8.96. The summed E-state index contributed by atoms with van der Waals surface area (Å²) in [5.41, 5.74) is 0.114. The predicted octanol–water partition coefficient (Wildman–Crippen LogP) is 2.52. The molecule has 1 fully saturated rings. The first-order valence-corrected chi connectivity index (χ1v) is 6.45. The third-order valence-corrected chi connectivity index (χ3v) is 3.70. The molecule has 0 aromatic heterocycles. The highest BCUT2D eigenvalue weighted by Crippen LogP contribution is 2.39. The minimum absolute atomic E-state index is 0.263. The summed E-state index contributed by atoms with van der Waals surface area (Å²) in [5, 5.41) is 0. The van der Waals surface area contributed by atoms with Gasteiger partial charge in [-0.3, -0.25) is 4.79 Å². The summed E-state index contributed by atoms with van der Waals surface area (Å²) >= 11 is 0. The van der Waals surface area contributed by atoms with Crippen molar-refractivity contribution in [3.05, 3.63) is 35.9 Å². The lowest BCUT2D eigenvalue weighted by atomic mass is 9.84. The standard InChI is InChI=1S/C15H20O4/c1-14(2,15(3)18-9-10-19-15)13(16)17-11-12-7-5-4-6-8-12/h4-8H,9-11H2,1-3H3. The van der Waals surface area contributed by atoms with Crippen LogP contribution in [0.4, 0.5) is 0 Å². The van der Waals surface area contributed by atoms with Gasteiger partial charge in [-0.15, -0.1) is 0 Å². The molecular formula is C15H20O4. The highest BCUT2D eigenvalue weighted by Gasteiger charge is 2.52. The van der Waals surface area contributed by atoms with E-state index in [-0.39, 0.29) is 12.6 Å². The van der Waals surface area contributed by atoms with Crippen molar-refractivity contribution in [2.24, 2.45) is 5.41 Å². The predicted molar refractivity (Wildman–Crippen MR) is 70.3 cm³/mol. The zero-order chi connectivity index (χ0) is 13.9. The molecule has 4 heteroatoms. The minimum Gasteiger partial charge on any atom is -0.460 e. The molecule has 0 N–H and O–H groups in total. The Morgan fingerprint density at radius 2 is 1.84 bits per heavy atom. The van der Waals surface area contributed by atoms with Crippen LogP contribution in [0.2, 0.25) is 0 Å². The van der Waals surface area contributed by atoms with Crippen molar-refractivity contribution in [2.45, 2.75) is 33.2 Å². The summed E-state index contributed by atoms with van der Waals surface area (Å²) in [5.74, 6) is -1.23. The molecule has 0 bridgehead atoms. The Hall–Kier alpha value is -1.39. The van der Waals surface area contributed by atoms with Crippen LogP contribution in [0.15, 0.2) is 30.3 Å². The molecule has 0 amide bonds. The smallest absolute Gasteiger partial charge is 0.317 e. The Kier molecular flexibility index (Phi) is 3.92. The number of rotatable bonds is 4. The van der Waals surface area contributed by atoms with Crippen molar-refractivity contribution in [3.63, 3.8) is 0 Å². The lowest BCUT2D eigenvalue weighted by Crippen LogP contribution is -2.49. The number of benzene rings is 1. The monoisotopic (exact) mass is 264 g/mol. The number of carbonyl (C=O) groups is 1. The molecule has 0 unspecified atom stereocenters. The number of hydrogen-bond donors (Lipinski definition) is 0. The third-order valence-electron chi connectivity index (χ3n) is 3.70. The van der Waals surface area contributed by atoms with Gasteiger partial charge in [-0.1, -0.05) is 30.3 Å². The number of ether oxygens (including phenoxy) is 3. The average Bonchev–Trinajstić information content (AvgIpc) is 2.86. The van der Waals surface area contributed by atoms with E-state index in [1.54, 1.807) is 20.8 Å². The molecule has 0 aliphatic carbocycles. The van der Waals surface area contributed by atoms with Crippen molar-refractivity contribution in [2.75, 3.05) is 13.2 Å². The van der Waals surface area contributed by atoms with Crippen LogP contribution >= 0.6 is 0 Å². The van der Waals surface area contributed by atoms with Crippen LogP contribution in [0, 0.1) is 5.41 Å². The molecule has 1 aliphatic rings. The molecule has 1 aromatic carbocycles. The molecule has 19 heavy (non-hydrogen) atoms. The van der Waals surface area contributed by atoms with E-state index in [0.717, 1.165) is 5.56 Å². The topological polar surface area (TPSA) is 44.8 Å². The van der Waals surface area contributed by atoms with Gasteiger partial charge in [0.1, 0.15) is 12.0 Å². The normalized spacial score (nSPS) is 18.3. The quantitative estimate of drug-likeness (QED) is 0.784. The van der Waals surface area contributed by atoms with E-state index in [9.17, 15) is 4.79 Å². The second-order valence-electron chi connectivity index (χ2n) is 5.33. The maximum Gasteiger partial charge on any atom is 0.317 e. The van der Waals surface area contributed by atoms with Gasteiger partial charge in [0.25, 0.3) is 0 Å². The Labute approximate surface area is 113 Å². The summed E-state index contributed by atoms with van der Waals surface area (Å²) < 4.78 is 16.5. The summed E-state index contributed by atoms with van der Waals surface area (Å²) in [7, 11) is 0. The van der Waals surface area contributed by atoms with Gasteiger partial charge in [-0.05, 0) is 26.3 Å². The maximum atomic E-state index is 12.2. The minimum atomic E-state index is -0.916. The molecule has 4 nitrogen and oxygen atoms in total. The number of carbonyl (C=O) groups excluding carboxylic acids is 1. The van der Waals surface area contributed by atoms with Crippen molar-refractivity contribution in [1.29, 1.82) is 0 Å². The summed E-state index contributed by atoms with van der Waals surface area (Å²) in [6.07, 6.45) is 0. The zero-order valence-corrected chi connectivity index (χ0v) is 11.6. The highest BCUT2D eigenvalue weighted by atomic mass is 16.7. The van der Waals surface area contributed by atoms with Gasteiger partial charge in [-0.25, -0.2) is 0 Å². The fourth-order valence-electron chi connectivity index (χ4n) is 1.96. The molecule has 0 spiro atoms. The van der Waals surface area contributed by atoms with Crippen molar-refractivity contribution >= 4 is 5.97 Å². The third kappa shape index (κ3) is 2.80. The SMILES string of the molecule is CC1(C(C)(C)C(=O)OCc2ccccc2)OCCO1. The lowest BCUT2D eigenvalue weighted by Gasteiger charge is -2.36. The second-order valence-corrected chi connectivity index (χ2v) is 5.33. The van der Waals surface area contributed by atoms with Crippen LogP contribution in [-0.4, -0.2) is 25.0 Å². The first-order valence-electron chi connectivity index (χ1n) is 6.45. The van der Waals surface area contributed by atoms with Gasteiger partial charge in [-0.2, -0.15) is 0 Å². The molecule has 1 aromatic rings. The Balaban J connectivity index is 1.99. The lowest BCUT2D eigenvalue weighted by molar-refractivity contribution is -0.226. The Morgan fingerprint density at radius 1 is 1.26 bits per heavy atom. The van der Waals surface area contributed by atoms with Crippen LogP contribution in [0.5, 0.6) is 0 Å². The van der Waals surface area contributed by atoms with Gasteiger partial charge >= 0.3 is 5.97 Å². The van der Waals surface area contributed by atoms with E-state index in [0.29, 0.717) is 13.2 Å². The van der Waals surface area contributed by atoms with Gasteiger partial charge in [0, 0.05) is 0 Å². The summed E-state index contributed by atoms with van der Waals surface area (Å²) in [4.78, 5) is 12.2. The molecule has 1 heterocycles. The molecule has 0 saturated carbocycles. The fraction of sp³-hybridized carbons (Fsp3) is 0.533. The van der Waals surface area contributed by atoms with E-state index in [1.165, 1.54) is 0 Å². The van der Waals surface area contributed by atoms with Crippen LogP contribution in [0.3, 0.4) is 0 Å². The van der Waals surface area contributed by atoms with E-state index in [2.05, 4.69) is 0 Å². The maximum absolute atomic E-state index is 12.2. The molecule has 2 rings (SSSR count). The Morgan fingerprint density at radius 3 is 2.42 bits per heavy atom. The van der Waals surface area contributed by atoms with Gasteiger partial charge in [0.05, 0.1) is 13.2 Å². The number of hydrogen-bond acceptors (Lipinski definition) is 4. The van der Waals surface area contributed by atoms with Crippen molar-refractivity contribution in [1.82, 2.24) is 0 Å². The highest BCUT2D eigenvalue weighted by molar-refractivity contribution is 5.77. The Bertz CT molecular complexity index is 433. The molecule has 104 valence electrons. The molecule has 1 aliphatic heterocycles. The van der Waals surface area contributed by atoms with E-state index >= 15 is 0 Å². The van der Waals surface area contributed by atoms with Crippen molar-refractivity contribution in [3.8, 4) is 0 Å². The number of esters is 1.